The van der Waals surface area contributed by atoms with Crippen molar-refractivity contribution in [2.45, 2.75) is 51.5 Å². The topological polar surface area (TPSA) is 12.0 Å². The van der Waals surface area contributed by atoms with Crippen molar-refractivity contribution in [1.29, 1.82) is 0 Å². The highest BCUT2D eigenvalue weighted by molar-refractivity contribution is 9.10. The van der Waals surface area contributed by atoms with E-state index in [1.807, 2.05) is 0 Å². The molecular formula is C16H24BrN. The van der Waals surface area contributed by atoms with E-state index in [-0.39, 0.29) is 5.54 Å². The second-order valence-electron chi connectivity index (χ2n) is 6.02. The maximum absolute atomic E-state index is 3.75. The molecule has 1 nitrogen and oxygen atoms in total. The van der Waals surface area contributed by atoms with Gasteiger partial charge in [-0.25, -0.2) is 0 Å². The summed E-state index contributed by atoms with van der Waals surface area (Å²) in [6.45, 7) is 5.71. The lowest BCUT2D eigenvalue weighted by Crippen LogP contribution is -2.39. The number of hydrogen-bond donors (Lipinski definition) is 1. The Labute approximate surface area is 119 Å². The third-order valence-corrected chi connectivity index (χ3v) is 4.65. The molecule has 0 aromatic heterocycles. The lowest BCUT2D eigenvalue weighted by molar-refractivity contribution is 0.296. The van der Waals surface area contributed by atoms with Gasteiger partial charge in [0.25, 0.3) is 0 Å². The van der Waals surface area contributed by atoms with Gasteiger partial charge in [0, 0.05) is 10.0 Å². The quantitative estimate of drug-likeness (QED) is 0.838. The normalized spacial score (nSPS) is 17.9. The molecule has 1 fully saturated rings. The first-order valence-electron chi connectivity index (χ1n) is 7.09. The second kappa shape index (κ2) is 6.21. The van der Waals surface area contributed by atoms with Gasteiger partial charge in [0.05, 0.1) is 0 Å². The molecule has 1 saturated carbocycles. The molecule has 0 atom stereocenters. The van der Waals surface area contributed by atoms with Crippen molar-refractivity contribution in [3.8, 4) is 0 Å². The molecule has 2 rings (SSSR count). The molecule has 1 aromatic rings. The van der Waals surface area contributed by atoms with Gasteiger partial charge in [-0.3, -0.25) is 0 Å². The minimum atomic E-state index is 0.0676. The van der Waals surface area contributed by atoms with E-state index in [4.69, 9.17) is 0 Å². The van der Waals surface area contributed by atoms with Crippen molar-refractivity contribution >= 4 is 15.9 Å². The standard InChI is InChI=1S/C16H24BrN/c1-16(2,14-8-10-15(17)11-9-14)18-12-13-6-4-3-5-7-13/h8-11,13,18H,3-7,12H2,1-2H3. The largest absolute Gasteiger partial charge is 0.308 e. The average molecular weight is 310 g/mol. The monoisotopic (exact) mass is 309 g/mol. The van der Waals surface area contributed by atoms with Crippen LogP contribution in [0, 0.1) is 5.92 Å². The lowest BCUT2D eigenvalue weighted by atomic mass is 9.87. The second-order valence-corrected chi connectivity index (χ2v) is 6.93. The molecule has 1 N–H and O–H groups in total. The Hall–Kier alpha value is -0.340. The van der Waals surface area contributed by atoms with Crippen LogP contribution in [-0.2, 0) is 5.54 Å². The minimum Gasteiger partial charge on any atom is -0.308 e. The number of benzene rings is 1. The maximum atomic E-state index is 3.75. The molecule has 0 radical (unpaired) electrons. The van der Waals surface area contributed by atoms with Crippen LogP contribution in [0.3, 0.4) is 0 Å². The Balaban J connectivity index is 1.91. The van der Waals surface area contributed by atoms with E-state index < -0.39 is 0 Å². The Morgan fingerprint density at radius 2 is 1.72 bits per heavy atom. The van der Waals surface area contributed by atoms with Crippen LogP contribution in [0.2, 0.25) is 0 Å². The van der Waals surface area contributed by atoms with Crippen molar-refractivity contribution in [2.75, 3.05) is 6.54 Å². The van der Waals surface area contributed by atoms with E-state index in [2.05, 4.69) is 59.4 Å². The van der Waals surface area contributed by atoms with E-state index in [1.54, 1.807) is 0 Å². The third-order valence-electron chi connectivity index (χ3n) is 4.12. The first-order valence-corrected chi connectivity index (χ1v) is 7.88. The summed E-state index contributed by atoms with van der Waals surface area (Å²) in [6, 6.07) is 8.66. The first-order chi connectivity index (χ1) is 8.58. The Morgan fingerprint density at radius 3 is 2.33 bits per heavy atom. The van der Waals surface area contributed by atoms with Crippen molar-refractivity contribution in [3.05, 3.63) is 34.3 Å². The fourth-order valence-corrected chi connectivity index (χ4v) is 3.02. The number of hydrogen-bond acceptors (Lipinski definition) is 1. The molecule has 18 heavy (non-hydrogen) atoms. The summed E-state index contributed by atoms with van der Waals surface area (Å²) in [4.78, 5) is 0. The highest BCUT2D eigenvalue weighted by Gasteiger charge is 2.22. The number of nitrogens with one attached hydrogen (secondary N) is 1. The van der Waals surface area contributed by atoms with E-state index >= 15 is 0 Å². The summed E-state index contributed by atoms with van der Waals surface area (Å²) in [7, 11) is 0. The fraction of sp³-hybridized carbons (Fsp3) is 0.625. The smallest absolute Gasteiger partial charge is 0.0377 e. The molecule has 0 heterocycles. The molecule has 1 aliphatic carbocycles. The summed E-state index contributed by atoms with van der Waals surface area (Å²) < 4.78 is 1.15. The molecule has 0 spiro atoms. The van der Waals surface area contributed by atoms with Gasteiger partial charge in [-0.15, -0.1) is 0 Å². The summed E-state index contributed by atoms with van der Waals surface area (Å²) in [5, 5.41) is 3.75. The molecule has 0 bridgehead atoms. The van der Waals surface area contributed by atoms with Crippen molar-refractivity contribution < 1.29 is 0 Å². The average Bonchev–Trinajstić information content (AvgIpc) is 2.38. The maximum Gasteiger partial charge on any atom is 0.0377 e. The van der Waals surface area contributed by atoms with Crippen LogP contribution in [-0.4, -0.2) is 6.54 Å². The molecular weight excluding hydrogens is 286 g/mol. The van der Waals surface area contributed by atoms with Gasteiger partial charge in [-0.2, -0.15) is 0 Å². The van der Waals surface area contributed by atoms with E-state index in [1.165, 1.54) is 37.7 Å². The molecule has 1 aromatic carbocycles. The van der Waals surface area contributed by atoms with Crippen LogP contribution in [0.5, 0.6) is 0 Å². The predicted octanol–water partition coefficient (Wildman–Crippen LogP) is 4.85. The molecule has 1 aliphatic rings. The molecule has 0 unspecified atom stereocenters. The van der Waals surface area contributed by atoms with Gasteiger partial charge in [-0.05, 0) is 56.8 Å². The van der Waals surface area contributed by atoms with E-state index in [0.717, 1.165) is 16.9 Å². The van der Waals surface area contributed by atoms with Crippen LogP contribution in [0.4, 0.5) is 0 Å². The minimum absolute atomic E-state index is 0.0676. The Kier molecular flexibility index (Phi) is 4.85. The highest BCUT2D eigenvalue weighted by Crippen LogP contribution is 2.26. The summed E-state index contributed by atoms with van der Waals surface area (Å²) in [6.07, 6.45) is 7.09. The zero-order chi connectivity index (χ0) is 13.0. The van der Waals surface area contributed by atoms with Crippen LogP contribution < -0.4 is 5.32 Å². The number of rotatable bonds is 4. The number of halogens is 1. The first kappa shape index (κ1) is 14.1. The SMILES string of the molecule is CC(C)(NCC1CCCCC1)c1ccc(Br)cc1. The third kappa shape index (κ3) is 3.83. The molecule has 0 amide bonds. The summed E-state index contributed by atoms with van der Waals surface area (Å²) >= 11 is 3.49. The molecule has 2 heteroatoms. The van der Waals surface area contributed by atoms with Gasteiger partial charge in [0.2, 0.25) is 0 Å². The zero-order valence-electron chi connectivity index (χ0n) is 11.5. The van der Waals surface area contributed by atoms with Crippen molar-refractivity contribution in [1.82, 2.24) is 5.32 Å². The van der Waals surface area contributed by atoms with Gasteiger partial charge < -0.3 is 5.32 Å². The van der Waals surface area contributed by atoms with Crippen molar-refractivity contribution in [2.24, 2.45) is 5.92 Å². The van der Waals surface area contributed by atoms with Crippen LogP contribution in [0.25, 0.3) is 0 Å². The van der Waals surface area contributed by atoms with Gasteiger partial charge in [-0.1, -0.05) is 47.3 Å². The van der Waals surface area contributed by atoms with Crippen LogP contribution in [0.15, 0.2) is 28.7 Å². The molecule has 0 saturated heterocycles. The lowest BCUT2D eigenvalue weighted by Gasteiger charge is -2.31. The van der Waals surface area contributed by atoms with Crippen LogP contribution >= 0.6 is 15.9 Å². The Bertz CT molecular complexity index is 363. The van der Waals surface area contributed by atoms with Gasteiger partial charge in [0.15, 0.2) is 0 Å². The van der Waals surface area contributed by atoms with E-state index in [0.29, 0.717) is 0 Å². The van der Waals surface area contributed by atoms with E-state index in [9.17, 15) is 0 Å². The van der Waals surface area contributed by atoms with Gasteiger partial charge in [0.1, 0.15) is 0 Å². The molecule has 0 aliphatic heterocycles. The Morgan fingerprint density at radius 1 is 1.11 bits per heavy atom. The fourth-order valence-electron chi connectivity index (χ4n) is 2.76. The summed E-state index contributed by atoms with van der Waals surface area (Å²) in [5.74, 6) is 0.883. The van der Waals surface area contributed by atoms with Gasteiger partial charge >= 0.3 is 0 Å². The molecule has 100 valence electrons. The highest BCUT2D eigenvalue weighted by atomic mass is 79.9. The summed E-state index contributed by atoms with van der Waals surface area (Å²) in [5.41, 5.74) is 1.43. The van der Waals surface area contributed by atoms with Crippen molar-refractivity contribution in [3.63, 3.8) is 0 Å². The van der Waals surface area contributed by atoms with Crippen LogP contribution in [0.1, 0.15) is 51.5 Å². The zero-order valence-corrected chi connectivity index (χ0v) is 13.1. The predicted molar refractivity (Wildman–Crippen MR) is 81.7 cm³/mol.